The van der Waals surface area contributed by atoms with E-state index in [0.717, 1.165) is 33.9 Å². The molecule has 0 fully saturated rings. The number of nitrogens with one attached hydrogen (secondary N) is 1. The molecule has 2 aromatic carbocycles. The third-order valence-corrected chi connectivity index (χ3v) is 6.48. The maximum absolute atomic E-state index is 12.6. The second kappa shape index (κ2) is 9.24. The highest BCUT2D eigenvalue weighted by Crippen LogP contribution is 2.30. The van der Waals surface area contributed by atoms with Crippen LogP contribution in [0.2, 0.25) is 0 Å². The second-order valence-electron chi connectivity index (χ2n) is 8.28. The van der Waals surface area contributed by atoms with E-state index in [0.29, 0.717) is 30.2 Å². The topological polar surface area (TPSA) is 76.2 Å². The zero-order valence-corrected chi connectivity index (χ0v) is 20.1. The van der Waals surface area contributed by atoms with E-state index >= 15 is 0 Å². The van der Waals surface area contributed by atoms with Crippen LogP contribution in [0.4, 0.5) is 5.69 Å². The average Bonchev–Trinajstić information content (AvgIpc) is 3.56. The number of hydrogen-bond donors (Lipinski definition) is 1. The smallest absolute Gasteiger partial charge is 0.256 e. The van der Waals surface area contributed by atoms with Crippen molar-refractivity contribution in [2.75, 3.05) is 12.4 Å². The van der Waals surface area contributed by atoms with Crippen LogP contribution in [0.5, 0.6) is 0 Å². The van der Waals surface area contributed by atoms with Gasteiger partial charge in [0.2, 0.25) is 5.89 Å². The number of imidazole rings is 1. The summed E-state index contributed by atoms with van der Waals surface area (Å²) in [6, 6.07) is 17.5. The minimum atomic E-state index is -0.153. The van der Waals surface area contributed by atoms with Crippen molar-refractivity contribution in [1.29, 1.82) is 0 Å². The van der Waals surface area contributed by atoms with Crippen LogP contribution >= 0.6 is 11.3 Å². The Kier molecular flexibility index (Phi) is 6.00. The third-order valence-electron chi connectivity index (χ3n) is 5.79. The van der Waals surface area contributed by atoms with Gasteiger partial charge >= 0.3 is 0 Å². The number of carbonyl (C=O) groups excluding carboxylic acids is 1. The lowest BCUT2D eigenvalue weighted by molar-refractivity contribution is 0.102. The summed E-state index contributed by atoms with van der Waals surface area (Å²) in [7, 11) is 4.08. The van der Waals surface area contributed by atoms with Crippen LogP contribution in [-0.4, -0.2) is 32.4 Å². The first-order chi connectivity index (χ1) is 16.5. The van der Waals surface area contributed by atoms with Crippen molar-refractivity contribution in [2.45, 2.75) is 20.0 Å². The van der Waals surface area contributed by atoms with Crippen LogP contribution < -0.4 is 5.32 Å². The largest absolute Gasteiger partial charge is 0.441 e. The lowest BCUT2D eigenvalue weighted by Crippen LogP contribution is -2.20. The second-order valence-corrected chi connectivity index (χ2v) is 9.06. The molecule has 0 saturated heterocycles. The zero-order valence-electron chi connectivity index (χ0n) is 19.3. The highest BCUT2D eigenvalue weighted by Gasteiger charge is 2.18. The van der Waals surface area contributed by atoms with E-state index in [-0.39, 0.29) is 5.91 Å². The quantitative estimate of drug-likeness (QED) is 0.340. The third kappa shape index (κ3) is 4.37. The average molecular weight is 472 g/mol. The van der Waals surface area contributed by atoms with Crippen LogP contribution in [0.15, 0.2) is 69.8 Å². The molecule has 0 radical (unpaired) electrons. The minimum Gasteiger partial charge on any atom is -0.441 e. The fourth-order valence-electron chi connectivity index (χ4n) is 3.95. The number of rotatable bonds is 7. The van der Waals surface area contributed by atoms with Crippen LogP contribution in [0.25, 0.3) is 22.5 Å². The van der Waals surface area contributed by atoms with Crippen molar-refractivity contribution in [1.82, 2.24) is 19.4 Å². The van der Waals surface area contributed by atoms with E-state index in [1.165, 1.54) is 11.3 Å². The lowest BCUT2D eigenvalue weighted by Gasteiger charge is -2.15. The molecule has 7 nitrogen and oxygen atoms in total. The highest BCUT2D eigenvalue weighted by atomic mass is 32.1. The molecule has 0 bridgehead atoms. The Labute approximate surface area is 201 Å². The Balaban J connectivity index is 1.34. The SMILES string of the molecule is Cc1oc(-c2ccccc2NC(=O)c2ccsc2)nc1CN(C)Cc1nc2ccccc2n1C. The molecule has 172 valence electrons. The van der Waals surface area contributed by atoms with Crippen molar-refractivity contribution in [3.05, 3.63) is 88.2 Å². The first kappa shape index (κ1) is 22.1. The molecule has 0 aliphatic rings. The molecule has 5 rings (SSSR count). The molecular formula is C26H25N5O2S. The molecule has 0 aliphatic carbocycles. The van der Waals surface area contributed by atoms with Gasteiger partial charge in [0.05, 0.1) is 40.1 Å². The molecule has 3 heterocycles. The number of fused-ring (bicyclic) bond motifs is 1. The van der Waals surface area contributed by atoms with Gasteiger partial charge in [-0.05, 0) is 49.7 Å². The number of para-hydroxylation sites is 3. The van der Waals surface area contributed by atoms with Gasteiger partial charge in [0.15, 0.2) is 0 Å². The van der Waals surface area contributed by atoms with Gasteiger partial charge in [0.1, 0.15) is 11.6 Å². The standard InChI is InChI=1S/C26H25N5O2S/c1-17-22(14-30(2)15-24-27-21-10-6-7-11-23(21)31(24)3)29-26(33-17)19-8-4-5-9-20(19)28-25(32)18-12-13-34-16-18/h4-13,16H,14-15H2,1-3H3,(H,28,32). The van der Waals surface area contributed by atoms with Crippen LogP contribution in [0.1, 0.15) is 27.6 Å². The molecule has 1 amide bonds. The molecule has 0 aliphatic heterocycles. The fraction of sp³-hybridized carbons (Fsp3) is 0.192. The predicted octanol–water partition coefficient (Wildman–Crippen LogP) is 5.48. The van der Waals surface area contributed by atoms with Gasteiger partial charge in [-0.2, -0.15) is 11.3 Å². The van der Waals surface area contributed by atoms with Crippen molar-refractivity contribution in [3.8, 4) is 11.5 Å². The van der Waals surface area contributed by atoms with E-state index in [4.69, 9.17) is 14.4 Å². The molecule has 0 spiro atoms. The van der Waals surface area contributed by atoms with E-state index in [1.807, 2.05) is 74.2 Å². The molecule has 0 atom stereocenters. The van der Waals surface area contributed by atoms with Crippen molar-refractivity contribution in [2.24, 2.45) is 7.05 Å². The summed E-state index contributed by atoms with van der Waals surface area (Å²) < 4.78 is 8.15. The number of thiophene rings is 1. The molecule has 34 heavy (non-hydrogen) atoms. The van der Waals surface area contributed by atoms with Crippen LogP contribution in [0, 0.1) is 6.92 Å². The number of aryl methyl sites for hydroxylation is 2. The van der Waals surface area contributed by atoms with E-state index < -0.39 is 0 Å². The van der Waals surface area contributed by atoms with Gasteiger partial charge < -0.3 is 14.3 Å². The zero-order chi connectivity index (χ0) is 23.7. The molecule has 5 aromatic rings. The Hall–Kier alpha value is -3.75. The summed E-state index contributed by atoms with van der Waals surface area (Å²) in [6.45, 7) is 3.21. The van der Waals surface area contributed by atoms with Gasteiger partial charge in [-0.3, -0.25) is 9.69 Å². The molecule has 1 N–H and O–H groups in total. The van der Waals surface area contributed by atoms with Gasteiger partial charge in [0.25, 0.3) is 5.91 Å². The Morgan fingerprint density at radius 1 is 1.09 bits per heavy atom. The minimum absolute atomic E-state index is 0.153. The normalized spacial score (nSPS) is 11.4. The maximum Gasteiger partial charge on any atom is 0.256 e. The van der Waals surface area contributed by atoms with Crippen LogP contribution in [-0.2, 0) is 20.1 Å². The monoisotopic (exact) mass is 471 g/mol. The first-order valence-corrected chi connectivity index (χ1v) is 11.9. The summed E-state index contributed by atoms with van der Waals surface area (Å²) in [6.07, 6.45) is 0. The summed E-state index contributed by atoms with van der Waals surface area (Å²) >= 11 is 1.49. The molecular weight excluding hydrogens is 446 g/mol. The number of benzene rings is 2. The summed E-state index contributed by atoms with van der Waals surface area (Å²) in [5, 5.41) is 6.69. The number of anilines is 1. The summed E-state index contributed by atoms with van der Waals surface area (Å²) in [5.74, 6) is 2.08. The number of nitrogens with zero attached hydrogens (tertiary/aromatic N) is 4. The van der Waals surface area contributed by atoms with Gasteiger partial charge in [0, 0.05) is 19.0 Å². The van der Waals surface area contributed by atoms with Crippen LogP contribution in [0.3, 0.4) is 0 Å². The predicted molar refractivity (Wildman–Crippen MR) is 135 cm³/mol. The Morgan fingerprint density at radius 3 is 2.68 bits per heavy atom. The number of oxazole rings is 1. The van der Waals surface area contributed by atoms with Crippen molar-refractivity contribution < 1.29 is 9.21 Å². The maximum atomic E-state index is 12.6. The fourth-order valence-corrected chi connectivity index (χ4v) is 4.58. The van der Waals surface area contributed by atoms with E-state index in [1.54, 1.807) is 6.07 Å². The molecule has 8 heteroatoms. The van der Waals surface area contributed by atoms with E-state index in [2.05, 4.69) is 20.9 Å². The van der Waals surface area contributed by atoms with Gasteiger partial charge in [-0.1, -0.05) is 24.3 Å². The Bertz CT molecular complexity index is 1450. The highest BCUT2D eigenvalue weighted by molar-refractivity contribution is 7.08. The number of hydrogen-bond acceptors (Lipinski definition) is 6. The lowest BCUT2D eigenvalue weighted by atomic mass is 10.1. The molecule has 3 aromatic heterocycles. The number of amides is 1. The van der Waals surface area contributed by atoms with E-state index in [9.17, 15) is 4.79 Å². The summed E-state index contributed by atoms with van der Waals surface area (Å²) in [5.41, 5.74) is 5.02. The van der Waals surface area contributed by atoms with Crippen molar-refractivity contribution >= 4 is 34.0 Å². The summed E-state index contributed by atoms with van der Waals surface area (Å²) in [4.78, 5) is 24.3. The van der Waals surface area contributed by atoms with Gasteiger partial charge in [-0.15, -0.1) is 0 Å². The van der Waals surface area contributed by atoms with Gasteiger partial charge in [-0.25, -0.2) is 9.97 Å². The Morgan fingerprint density at radius 2 is 1.88 bits per heavy atom. The molecule has 0 unspecified atom stereocenters. The van der Waals surface area contributed by atoms with Crippen molar-refractivity contribution in [3.63, 3.8) is 0 Å². The number of aromatic nitrogens is 3. The first-order valence-electron chi connectivity index (χ1n) is 11.0. The molecule has 0 saturated carbocycles. The number of carbonyl (C=O) groups is 1.